The van der Waals surface area contributed by atoms with Crippen molar-refractivity contribution in [3.8, 4) is 0 Å². The van der Waals surface area contributed by atoms with Crippen LogP contribution in [0, 0.1) is 6.92 Å². The van der Waals surface area contributed by atoms with E-state index in [2.05, 4.69) is 17.2 Å². The first kappa shape index (κ1) is 14.4. The third-order valence-corrected chi connectivity index (χ3v) is 4.70. The second-order valence-electron chi connectivity index (χ2n) is 5.08. The van der Waals surface area contributed by atoms with Gasteiger partial charge in [0.1, 0.15) is 0 Å². The molecule has 6 heteroatoms. The number of aryl methyl sites for hydroxylation is 1. The van der Waals surface area contributed by atoms with Crippen LogP contribution in [0.3, 0.4) is 0 Å². The maximum Gasteiger partial charge on any atom is 0.227 e. The molecule has 1 fully saturated rings. The van der Waals surface area contributed by atoms with Gasteiger partial charge in [0, 0.05) is 35.4 Å². The highest BCUT2D eigenvalue weighted by Gasteiger charge is 2.22. The first-order valence-electron chi connectivity index (χ1n) is 6.88. The van der Waals surface area contributed by atoms with Gasteiger partial charge < -0.3 is 10.2 Å². The molecule has 21 heavy (non-hydrogen) atoms. The van der Waals surface area contributed by atoms with Gasteiger partial charge in [0.2, 0.25) is 5.91 Å². The molecule has 0 radical (unpaired) electrons. The topological polar surface area (TPSA) is 45.2 Å². The van der Waals surface area contributed by atoms with E-state index < -0.39 is 0 Å². The third-order valence-electron chi connectivity index (χ3n) is 3.58. The number of benzene rings is 1. The standard InChI is InChI=1S/C15H16ClN3OS/c1-10-4-5-11(19-6-2-3-14(19)20)7-13(10)17-8-12-9-18-15(16)21-12/h4-5,7,9,17H,2-3,6,8H2,1H3. The molecule has 1 aromatic heterocycles. The second kappa shape index (κ2) is 6.03. The summed E-state index contributed by atoms with van der Waals surface area (Å²) in [5.74, 6) is 0.207. The normalized spacial score (nSPS) is 14.8. The predicted octanol–water partition coefficient (Wildman–Crippen LogP) is 3.84. The van der Waals surface area contributed by atoms with E-state index >= 15 is 0 Å². The van der Waals surface area contributed by atoms with E-state index in [1.165, 1.54) is 11.3 Å². The number of carbonyl (C=O) groups is 1. The van der Waals surface area contributed by atoms with Gasteiger partial charge in [-0.25, -0.2) is 4.98 Å². The number of carbonyl (C=O) groups excluding carboxylic acids is 1. The molecule has 4 nitrogen and oxygen atoms in total. The fourth-order valence-electron chi connectivity index (χ4n) is 2.44. The van der Waals surface area contributed by atoms with Crippen LogP contribution < -0.4 is 10.2 Å². The Bertz CT molecular complexity index is 671. The highest BCUT2D eigenvalue weighted by atomic mass is 35.5. The SMILES string of the molecule is Cc1ccc(N2CCCC2=O)cc1NCc1cnc(Cl)s1. The number of hydrogen-bond acceptors (Lipinski definition) is 4. The summed E-state index contributed by atoms with van der Waals surface area (Å²) in [5, 5.41) is 3.40. The molecule has 0 unspecified atom stereocenters. The minimum Gasteiger partial charge on any atom is -0.380 e. The zero-order valence-electron chi connectivity index (χ0n) is 11.7. The Labute approximate surface area is 132 Å². The van der Waals surface area contributed by atoms with Crippen LogP contribution in [0.5, 0.6) is 0 Å². The summed E-state index contributed by atoms with van der Waals surface area (Å²) < 4.78 is 0.555. The lowest BCUT2D eigenvalue weighted by atomic mass is 10.1. The van der Waals surface area contributed by atoms with Crippen molar-refractivity contribution >= 4 is 40.2 Å². The van der Waals surface area contributed by atoms with Gasteiger partial charge in [0.05, 0.1) is 6.54 Å². The third kappa shape index (κ3) is 3.19. The lowest BCUT2D eigenvalue weighted by Gasteiger charge is -2.18. The Balaban J connectivity index is 1.76. The number of amides is 1. The van der Waals surface area contributed by atoms with Crippen molar-refractivity contribution < 1.29 is 4.79 Å². The van der Waals surface area contributed by atoms with Crippen LogP contribution in [0.15, 0.2) is 24.4 Å². The molecule has 0 aliphatic carbocycles. The number of hydrogen-bond donors (Lipinski definition) is 1. The fraction of sp³-hybridized carbons (Fsp3) is 0.333. The number of nitrogens with zero attached hydrogens (tertiary/aromatic N) is 2. The summed E-state index contributed by atoms with van der Waals surface area (Å²) in [4.78, 5) is 18.8. The average molecular weight is 322 g/mol. The maximum absolute atomic E-state index is 11.8. The molecule has 2 aromatic rings. The van der Waals surface area contributed by atoms with Crippen molar-refractivity contribution in [2.45, 2.75) is 26.3 Å². The zero-order chi connectivity index (χ0) is 14.8. The van der Waals surface area contributed by atoms with Gasteiger partial charge >= 0.3 is 0 Å². The highest BCUT2D eigenvalue weighted by molar-refractivity contribution is 7.15. The second-order valence-corrected chi connectivity index (χ2v) is 6.78. The van der Waals surface area contributed by atoms with Crippen LogP contribution in [0.1, 0.15) is 23.3 Å². The van der Waals surface area contributed by atoms with E-state index in [0.29, 0.717) is 17.4 Å². The van der Waals surface area contributed by atoms with Crippen LogP contribution in [-0.4, -0.2) is 17.4 Å². The van der Waals surface area contributed by atoms with E-state index in [1.807, 2.05) is 23.1 Å². The first-order chi connectivity index (χ1) is 10.1. The minimum atomic E-state index is 0.207. The van der Waals surface area contributed by atoms with Gasteiger partial charge in [-0.2, -0.15) is 0 Å². The summed E-state index contributed by atoms with van der Waals surface area (Å²) in [6.45, 7) is 3.55. The summed E-state index contributed by atoms with van der Waals surface area (Å²) in [5.41, 5.74) is 3.16. The number of anilines is 2. The summed E-state index contributed by atoms with van der Waals surface area (Å²) in [6, 6.07) is 6.09. The molecule has 0 spiro atoms. The number of thiazole rings is 1. The van der Waals surface area contributed by atoms with E-state index in [4.69, 9.17) is 11.6 Å². The molecule has 0 atom stereocenters. The van der Waals surface area contributed by atoms with Crippen molar-refractivity contribution in [3.05, 3.63) is 39.3 Å². The Hall–Kier alpha value is -1.59. The van der Waals surface area contributed by atoms with Crippen molar-refractivity contribution in [1.29, 1.82) is 0 Å². The van der Waals surface area contributed by atoms with Gasteiger partial charge in [-0.15, -0.1) is 11.3 Å². The van der Waals surface area contributed by atoms with Gasteiger partial charge in [-0.05, 0) is 31.0 Å². The van der Waals surface area contributed by atoms with Crippen LogP contribution in [0.2, 0.25) is 4.47 Å². The van der Waals surface area contributed by atoms with E-state index in [0.717, 1.165) is 34.8 Å². The van der Waals surface area contributed by atoms with Gasteiger partial charge in [0.15, 0.2) is 4.47 Å². The molecule has 1 aliphatic rings. The molecule has 110 valence electrons. The van der Waals surface area contributed by atoms with E-state index in [1.54, 1.807) is 6.20 Å². The molecular formula is C15H16ClN3OS. The van der Waals surface area contributed by atoms with Crippen molar-refractivity contribution in [1.82, 2.24) is 4.98 Å². The molecule has 1 aliphatic heterocycles. The Kier molecular flexibility index (Phi) is 4.12. The van der Waals surface area contributed by atoms with Crippen molar-refractivity contribution in [3.63, 3.8) is 0 Å². The smallest absolute Gasteiger partial charge is 0.227 e. The van der Waals surface area contributed by atoms with E-state index in [-0.39, 0.29) is 5.91 Å². The molecule has 3 rings (SSSR count). The predicted molar refractivity (Wildman–Crippen MR) is 87.2 cm³/mol. The van der Waals surface area contributed by atoms with Crippen LogP contribution in [-0.2, 0) is 11.3 Å². The first-order valence-corrected chi connectivity index (χ1v) is 8.08. The Morgan fingerprint density at radius 2 is 2.33 bits per heavy atom. The monoisotopic (exact) mass is 321 g/mol. The van der Waals surface area contributed by atoms with Crippen molar-refractivity contribution in [2.24, 2.45) is 0 Å². The largest absolute Gasteiger partial charge is 0.380 e. The molecule has 1 aromatic carbocycles. The average Bonchev–Trinajstić information content (AvgIpc) is 3.07. The molecule has 2 heterocycles. The maximum atomic E-state index is 11.8. The molecule has 1 amide bonds. The summed E-state index contributed by atoms with van der Waals surface area (Å²) in [6.07, 6.45) is 3.37. The number of aromatic nitrogens is 1. The Morgan fingerprint density at radius 3 is 3.00 bits per heavy atom. The van der Waals surface area contributed by atoms with Crippen LogP contribution >= 0.6 is 22.9 Å². The number of nitrogens with one attached hydrogen (secondary N) is 1. The Morgan fingerprint density at radius 1 is 1.48 bits per heavy atom. The number of halogens is 1. The van der Waals surface area contributed by atoms with Crippen molar-refractivity contribution in [2.75, 3.05) is 16.8 Å². The lowest BCUT2D eigenvalue weighted by molar-refractivity contribution is -0.117. The molecular weight excluding hydrogens is 306 g/mol. The summed E-state index contributed by atoms with van der Waals surface area (Å²) >= 11 is 7.31. The highest BCUT2D eigenvalue weighted by Crippen LogP contribution is 2.27. The molecule has 0 saturated carbocycles. The quantitative estimate of drug-likeness (QED) is 0.930. The molecule has 1 saturated heterocycles. The summed E-state index contributed by atoms with van der Waals surface area (Å²) in [7, 11) is 0. The fourth-order valence-corrected chi connectivity index (χ4v) is 3.35. The van der Waals surface area contributed by atoms with Crippen LogP contribution in [0.4, 0.5) is 11.4 Å². The minimum absolute atomic E-state index is 0.207. The number of rotatable bonds is 4. The van der Waals surface area contributed by atoms with Crippen LogP contribution in [0.25, 0.3) is 0 Å². The lowest BCUT2D eigenvalue weighted by Crippen LogP contribution is -2.23. The zero-order valence-corrected chi connectivity index (χ0v) is 13.3. The van der Waals surface area contributed by atoms with Gasteiger partial charge in [-0.3, -0.25) is 4.79 Å². The van der Waals surface area contributed by atoms with Gasteiger partial charge in [-0.1, -0.05) is 17.7 Å². The molecule has 1 N–H and O–H groups in total. The van der Waals surface area contributed by atoms with E-state index in [9.17, 15) is 4.79 Å². The molecule has 0 bridgehead atoms. The van der Waals surface area contributed by atoms with Gasteiger partial charge in [0.25, 0.3) is 0 Å².